The number of phenols is 1. The van der Waals surface area contributed by atoms with Crippen LogP contribution in [0.4, 0.5) is 0 Å². The molecular formula is C24H38N4O7S. The number of carboxylic acids is 1. The summed E-state index contributed by atoms with van der Waals surface area (Å²) in [6.07, 6.45) is 1.35. The Hall–Kier alpha value is -2.83. The minimum absolute atomic E-state index is 0.0137. The maximum absolute atomic E-state index is 13.0. The van der Waals surface area contributed by atoms with E-state index in [0.717, 1.165) is 0 Å². The molecule has 6 atom stereocenters. The van der Waals surface area contributed by atoms with E-state index >= 15 is 0 Å². The topological polar surface area (TPSA) is 191 Å². The van der Waals surface area contributed by atoms with Gasteiger partial charge in [-0.05, 0) is 49.0 Å². The molecule has 0 spiro atoms. The number of carbonyl (C=O) groups excluding carboxylic acids is 3. The number of hydrogen-bond acceptors (Lipinski definition) is 8. The number of rotatable bonds is 15. The van der Waals surface area contributed by atoms with Gasteiger partial charge in [0.05, 0.1) is 12.1 Å². The van der Waals surface area contributed by atoms with Crippen molar-refractivity contribution in [3.05, 3.63) is 29.8 Å². The Morgan fingerprint density at radius 1 is 0.972 bits per heavy atom. The molecule has 0 saturated heterocycles. The number of phenolic OH excluding ortho intramolecular Hbond substituents is 1. The van der Waals surface area contributed by atoms with Crippen LogP contribution in [-0.4, -0.2) is 81.3 Å². The van der Waals surface area contributed by atoms with Crippen LogP contribution in [0.1, 0.15) is 39.2 Å². The zero-order valence-electron chi connectivity index (χ0n) is 21.1. The van der Waals surface area contributed by atoms with Gasteiger partial charge in [-0.25, -0.2) is 4.79 Å². The summed E-state index contributed by atoms with van der Waals surface area (Å²) in [7, 11) is 0. The van der Waals surface area contributed by atoms with Gasteiger partial charge in [-0.15, -0.1) is 0 Å². The predicted octanol–water partition coefficient (Wildman–Crippen LogP) is -0.0190. The highest BCUT2D eigenvalue weighted by atomic mass is 32.2. The molecule has 0 aliphatic rings. The fourth-order valence-corrected chi connectivity index (χ4v) is 3.74. The summed E-state index contributed by atoms with van der Waals surface area (Å²) < 4.78 is 0. The maximum atomic E-state index is 13.0. The van der Waals surface area contributed by atoms with Crippen molar-refractivity contribution in [2.75, 3.05) is 12.0 Å². The van der Waals surface area contributed by atoms with Crippen molar-refractivity contribution in [2.24, 2.45) is 11.7 Å². The second-order valence-corrected chi connectivity index (χ2v) is 9.74. The van der Waals surface area contributed by atoms with Crippen LogP contribution in [0.2, 0.25) is 0 Å². The normalized spacial score (nSPS) is 16.1. The number of benzene rings is 1. The first-order valence-corrected chi connectivity index (χ1v) is 13.1. The summed E-state index contributed by atoms with van der Waals surface area (Å²) >= 11 is 1.47. The molecule has 0 bridgehead atoms. The third-order valence-electron chi connectivity index (χ3n) is 5.86. The summed E-state index contributed by atoms with van der Waals surface area (Å²) in [5.41, 5.74) is 6.53. The van der Waals surface area contributed by atoms with Gasteiger partial charge in [0.1, 0.15) is 23.9 Å². The Labute approximate surface area is 215 Å². The number of thioether (sulfide) groups is 1. The summed E-state index contributed by atoms with van der Waals surface area (Å²) in [6.45, 7) is 5.01. The smallest absolute Gasteiger partial charge is 0.326 e. The van der Waals surface area contributed by atoms with Gasteiger partial charge >= 0.3 is 5.97 Å². The molecule has 12 heteroatoms. The average molecular weight is 527 g/mol. The van der Waals surface area contributed by atoms with E-state index in [1.54, 1.807) is 0 Å². The molecule has 1 aromatic carbocycles. The van der Waals surface area contributed by atoms with E-state index in [1.165, 1.54) is 43.0 Å². The van der Waals surface area contributed by atoms with Crippen molar-refractivity contribution in [1.29, 1.82) is 0 Å². The van der Waals surface area contributed by atoms with Crippen LogP contribution in [0.5, 0.6) is 5.75 Å². The van der Waals surface area contributed by atoms with E-state index in [4.69, 9.17) is 5.73 Å². The lowest BCUT2D eigenvalue weighted by Gasteiger charge is -2.27. The van der Waals surface area contributed by atoms with Crippen molar-refractivity contribution >= 4 is 35.5 Å². The second-order valence-electron chi connectivity index (χ2n) is 8.75. The summed E-state index contributed by atoms with van der Waals surface area (Å²) in [6, 6.07) is 1.21. The molecule has 11 nitrogen and oxygen atoms in total. The molecule has 3 amide bonds. The number of hydrogen-bond donors (Lipinski definition) is 7. The first-order valence-electron chi connectivity index (χ1n) is 11.8. The van der Waals surface area contributed by atoms with E-state index in [0.29, 0.717) is 17.7 Å². The van der Waals surface area contributed by atoms with E-state index in [2.05, 4.69) is 16.0 Å². The van der Waals surface area contributed by atoms with Crippen molar-refractivity contribution in [2.45, 2.75) is 70.3 Å². The van der Waals surface area contributed by atoms with Crippen LogP contribution in [0.3, 0.4) is 0 Å². The number of aliphatic hydroxyl groups is 1. The molecule has 36 heavy (non-hydrogen) atoms. The second kappa shape index (κ2) is 15.3. The van der Waals surface area contributed by atoms with Gasteiger partial charge in [0.15, 0.2) is 0 Å². The molecule has 0 aromatic heterocycles. The van der Waals surface area contributed by atoms with E-state index in [-0.39, 0.29) is 24.5 Å². The fraction of sp³-hybridized carbons (Fsp3) is 0.583. The van der Waals surface area contributed by atoms with E-state index in [9.17, 15) is 34.5 Å². The standard InChI is InChI=1S/C24H38N4O7S/c1-5-13(2)19(25)22(32)26-17(10-11-36-4)21(31)28-20(14(3)29)23(33)27-18(24(34)35)12-15-6-8-16(30)9-7-15/h6-9,13-14,17-20,29-30H,5,10-12,25H2,1-4H3,(H,26,32)(H,27,33)(H,28,31)(H,34,35). The highest BCUT2D eigenvalue weighted by Crippen LogP contribution is 2.12. The Morgan fingerprint density at radius 3 is 2.06 bits per heavy atom. The number of aliphatic hydroxyl groups excluding tert-OH is 1. The number of carbonyl (C=O) groups is 4. The van der Waals surface area contributed by atoms with Crippen molar-refractivity contribution in [3.63, 3.8) is 0 Å². The van der Waals surface area contributed by atoms with Crippen LogP contribution in [0.25, 0.3) is 0 Å². The third-order valence-corrected chi connectivity index (χ3v) is 6.50. The van der Waals surface area contributed by atoms with Crippen LogP contribution in [0.15, 0.2) is 24.3 Å². The number of nitrogens with two attached hydrogens (primary N) is 1. The fourth-order valence-electron chi connectivity index (χ4n) is 3.27. The average Bonchev–Trinajstić information content (AvgIpc) is 2.84. The largest absolute Gasteiger partial charge is 0.508 e. The minimum Gasteiger partial charge on any atom is -0.508 e. The van der Waals surface area contributed by atoms with Gasteiger partial charge in [-0.1, -0.05) is 32.4 Å². The zero-order valence-corrected chi connectivity index (χ0v) is 21.9. The number of aromatic hydroxyl groups is 1. The Balaban J connectivity index is 2.96. The number of nitrogens with one attached hydrogen (secondary N) is 3. The van der Waals surface area contributed by atoms with Crippen LogP contribution >= 0.6 is 11.8 Å². The first kappa shape index (κ1) is 31.2. The molecule has 0 aliphatic carbocycles. The lowest BCUT2D eigenvalue weighted by atomic mass is 9.99. The SMILES string of the molecule is CCC(C)C(N)C(=O)NC(CCSC)C(=O)NC(C(=O)NC(Cc1ccc(O)cc1)C(=O)O)C(C)O. The third kappa shape index (κ3) is 10.0. The lowest BCUT2D eigenvalue weighted by molar-refractivity contribution is -0.143. The number of aliphatic carboxylic acids is 1. The van der Waals surface area contributed by atoms with Crippen LogP contribution < -0.4 is 21.7 Å². The summed E-state index contributed by atoms with van der Waals surface area (Å²) in [4.78, 5) is 50.2. The zero-order chi connectivity index (χ0) is 27.4. The lowest BCUT2D eigenvalue weighted by Crippen LogP contribution is -2.60. The molecular weight excluding hydrogens is 488 g/mol. The van der Waals surface area contributed by atoms with Crippen molar-refractivity contribution < 1.29 is 34.5 Å². The predicted molar refractivity (Wildman–Crippen MR) is 137 cm³/mol. The van der Waals surface area contributed by atoms with Crippen LogP contribution in [0, 0.1) is 5.92 Å². The highest BCUT2D eigenvalue weighted by molar-refractivity contribution is 7.98. The molecule has 0 aliphatic heterocycles. The number of carboxylic acid groups (broad SMARTS) is 1. The molecule has 1 rings (SSSR count). The maximum Gasteiger partial charge on any atom is 0.326 e. The minimum atomic E-state index is -1.46. The Morgan fingerprint density at radius 2 is 1.56 bits per heavy atom. The van der Waals surface area contributed by atoms with E-state index in [1.807, 2.05) is 20.1 Å². The van der Waals surface area contributed by atoms with Crippen LogP contribution in [-0.2, 0) is 25.6 Å². The Bertz CT molecular complexity index is 882. The monoisotopic (exact) mass is 526 g/mol. The van der Waals surface area contributed by atoms with Crippen molar-refractivity contribution in [1.82, 2.24) is 16.0 Å². The molecule has 1 aromatic rings. The molecule has 0 saturated carbocycles. The molecule has 202 valence electrons. The summed E-state index contributed by atoms with van der Waals surface area (Å²) in [5, 5.41) is 36.5. The molecule has 0 radical (unpaired) electrons. The molecule has 0 fully saturated rings. The summed E-state index contributed by atoms with van der Waals surface area (Å²) in [5.74, 6) is -2.95. The molecule has 0 heterocycles. The van der Waals surface area contributed by atoms with Gasteiger partial charge in [0, 0.05) is 6.42 Å². The van der Waals surface area contributed by atoms with E-state index < -0.39 is 54.0 Å². The van der Waals surface area contributed by atoms with Gasteiger partial charge in [-0.3, -0.25) is 14.4 Å². The van der Waals surface area contributed by atoms with Gasteiger partial charge in [-0.2, -0.15) is 11.8 Å². The van der Waals surface area contributed by atoms with Gasteiger partial charge in [0.2, 0.25) is 17.7 Å². The number of amides is 3. The van der Waals surface area contributed by atoms with Crippen molar-refractivity contribution in [3.8, 4) is 5.75 Å². The highest BCUT2D eigenvalue weighted by Gasteiger charge is 2.33. The Kier molecular flexibility index (Phi) is 13.3. The van der Waals surface area contributed by atoms with Gasteiger partial charge < -0.3 is 37.0 Å². The quantitative estimate of drug-likeness (QED) is 0.165. The molecule has 6 unspecified atom stereocenters. The molecule has 8 N–H and O–H groups in total. The van der Waals surface area contributed by atoms with Gasteiger partial charge in [0.25, 0.3) is 0 Å². The first-order chi connectivity index (χ1) is 16.9.